The Morgan fingerprint density at radius 2 is 2.05 bits per heavy atom. The SMILES string of the molecule is Cc1nn(C)c(C)c1C1CC(=O)Nc2c1cnn2C. The first-order chi connectivity index (χ1) is 8.99. The molecular weight excluding hydrogens is 242 g/mol. The van der Waals surface area contributed by atoms with Gasteiger partial charge in [0.05, 0.1) is 11.9 Å². The fourth-order valence-corrected chi connectivity index (χ4v) is 2.89. The van der Waals surface area contributed by atoms with Crippen LogP contribution in [0.15, 0.2) is 6.20 Å². The van der Waals surface area contributed by atoms with E-state index in [9.17, 15) is 4.79 Å². The van der Waals surface area contributed by atoms with Crippen molar-refractivity contribution < 1.29 is 4.79 Å². The van der Waals surface area contributed by atoms with Crippen LogP contribution >= 0.6 is 0 Å². The van der Waals surface area contributed by atoms with E-state index in [4.69, 9.17) is 0 Å². The van der Waals surface area contributed by atoms with E-state index >= 15 is 0 Å². The molecule has 1 amide bonds. The van der Waals surface area contributed by atoms with Crippen LogP contribution in [0.1, 0.15) is 34.9 Å². The van der Waals surface area contributed by atoms with Gasteiger partial charge in [0, 0.05) is 43.3 Å². The second-order valence-electron chi connectivity index (χ2n) is 5.09. The van der Waals surface area contributed by atoms with E-state index in [1.807, 2.05) is 38.8 Å². The van der Waals surface area contributed by atoms with Gasteiger partial charge in [-0.2, -0.15) is 10.2 Å². The molecule has 0 fully saturated rings. The van der Waals surface area contributed by atoms with Gasteiger partial charge in [-0.3, -0.25) is 14.2 Å². The van der Waals surface area contributed by atoms with Crippen molar-refractivity contribution in [2.24, 2.45) is 14.1 Å². The fraction of sp³-hybridized carbons (Fsp3) is 0.462. The van der Waals surface area contributed by atoms with Gasteiger partial charge < -0.3 is 5.32 Å². The van der Waals surface area contributed by atoms with E-state index < -0.39 is 0 Å². The van der Waals surface area contributed by atoms with Gasteiger partial charge in [0.2, 0.25) is 5.91 Å². The Hall–Kier alpha value is -2.11. The maximum atomic E-state index is 11.9. The van der Waals surface area contributed by atoms with Gasteiger partial charge in [-0.05, 0) is 13.8 Å². The summed E-state index contributed by atoms with van der Waals surface area (Å²) in [5.74, 6) is 0.874. The largest absolute Gasteiger partial charge is 0.311 e. The van der Waals surface area contributed by atoms with Crippen LogP contribution in [0.5, 0.6) is 0 Å². The molecule has 0 aromatic carbocycles. The average molecular weight is 259 g/mol. The highest BCUT2D eigenvalue weighted by Gasteiger charge is 2.32. The number of carbonyl (C=O) groups is 1. The zero-order valence-corrected chi connectivity index (χ0v) is 11.6. The van der Waals surface area contributed by atoms with Crippen molar-refractivity contribution in [1.29, 1.82) is 0 Å². The van der Waals surface area contributed by atoms with Crippen LogP contribution in [0.2, 0.25) is 0 Å². The molecule has 1 aliphatic rings. The van der Waals surface area contributed by atoms with E-state index in [2.05, 4.69) is 15.5 Å². The molecule has 0 radical (unpaired) electrons. The molecule has 2 aromatic heterocycles. The van der Waals surface area contributed by atoms with Crippen molar-refractivity contribution in [3.63, 3.8) is 0 Å². The first-order valence-electron chi connectivity index (χ1n) is 6.31. The van der Waals surface area contributed by atoms with Crippen molar-refractivity contribution in [3.05, 3.63) is 28.7 Å². The van der Waals surface area contributed by atoms with Gasteiger partial charge in [-0.15, -0.1) is 0 Å². The van der Waals surface area contributed by atoms with Crippen molar-refractivity contribution >= 4 is 11.7 Å². The quantitative estimate of drug-likeness (QED) is 0.838. The summed E-state index contributed by atoms with van der Waals surface area (Å²) >= 11 is 0. The van der Waals surface area contributed by atoms with E-state index in [1.165, 1.54) is 0 Å². The van der Waals surface area contributed by atoms with E-state index in [0.717, 1.165) is 28.3 Å². The Labute approximate surface area is 111 Å². The molecule has 6 nitrogen and oxygen atoms in total. The highest BCUT2D eigenvalue weighted by molar-refractivity contribution is 5.94. The monoisotopic (exact) mass is 259 g/mol. The standard InChI is InChI=1S/C13H17N5O/c1-7-12(8(2)17(3)16-7)9-5-11(19)15-13-10(9)6-14-18(13)4/h6,9H,5H2,1-4H3,(H,15,19). The molecule has 6 heteroatoms. The molecule has 0 saturated carbocycles. The van der Waals surface area contributed by atoms with E-state index in [1.54, 1.807) is 4.68 Å². The Morgan fingerprint density at radius 1 is 1.32 bits per heavy atom. The summed E-state index contributed by atoms with van der Waals surface area (Å²) in [5.41, 5.74) is 4.30. The molecule has 3 rings (SSSR count). The molecule has 0 spiro atoms. The summed E-state index contributed by atoms with van der Waals surface area (Å²) in [6.07, 6.45) is 2.29. The highest BCUT2D eigenvalue weighted by atomic mass is 16.1. The predicted octanol–water partition coefficient (Wildman–Crippen LogP) is 1.24. The summed E-state index contributed by atoms with van der Waals surface area (Å²) in [4.78, 5) is 11.9. The lowest BCUT2D eigenvalue weighted by Crippen LogP contribution is -2.24. The number of anilines is 1. The number of carbonyl (C=O) groups excluding carboxylic acids is 1. The molecular formula is C13H17N5O. The fourth-order valence-electron chi connectivity index (χ4n) is 2.89. The molecule has 1 aliphatic heterocycles. The smallest absolute Gasteiger partial charge is 0.226 e. The van der Waals surface area contributed by atoms with Gasteiger partial charge in [-0.1, -0.05) is 0 Å². The topological polar surface area (TPSA) is 64.7 Å². The number of nitrogens with one attached hydrogen (secondary N) is 1. The molecule has 3 heterocycles. The van der Waals surface area contributed by atoms with Gasteiger partial charge in [0.15, 0.2) is 0 Å². The van der Waals surface area contributed by atoms with Gasteiger partial charge in [0.25, 0.3) is 0 Å². The second kappa shape index (κ2) is 3.94. The number of rotatable bonds is 1. The number of nitrogens with zero attached hydrogens (tertiary/aromatic N) is 4. The normalized spacial score (nSPS) is 18.3. The van der Waals surface area contributed by atoms with Crippen molar-refractivity contribution in [2.45, 2.75) is 26.2 Å². The maximum absolute atomic E-state index is 11.9. The van der Waals surface area contributed by atoms with E-state index in [0.29, 0.717) is 6.42 Å². The second-order valence-corrected chi connectivity index (χ2v) is 5.09. The number of hydrogen-bond acceptors (Lipinski definition) is 3. The van der Waals surface area contributed by atoms with Crippen LogP contribution < -0.4 is 5.32 Å². The van der Waals surface area contributed by atoms with E-state index in [-0.39, 0.29) is 11.8 Å². The van der Waals surface area contributed by atoms with Crippen molar-refractivity contribution in [2.75, 3.05) is 5.32 Å². The summed E-state index contributed by atoms with van der Waals surface area (Å²) in [5, 5.41) is 11.6. The molecule has 2 aromatic rings. The lowest BCUT2D eigenvalue weighted by Gasteiger charge is -2.23. The molecule has 1 atom stereocenters. The molecule has 0 saturated heterocycles. The van der Waals surface area contributed by atoms with Gasteiger partial charge >= 0.3 is 0 Å². The third kappa shape index (κ3) is 1.67. The number of aryl methyl sites for hydroxylation is 3. The zero-order chi connectivity index (χ0) is 13.7. The van der Waals surface area contributed by atoms with Crippen LogP contribution in [0.25, 0.3) is 0 Å². The lowest BCUT2D eigenvalue weighted by molar-refractivity contribution is -0.116. The first kappa shape index (κ1) is 12.0. The predicted molar refractivity (Wildman–Crippen MR) is 71.0 cm³/mol. The summed E-state index contributed by atoms with van der Waals surface area (Å²) in [6, 6.07) is 0. The zero-order valence-electron chi connectivity index (χ0n) is 11.6. The van der Waals surface area contributed by atoms with Crippen LogP contribution in [-0.2, 0) is 18.9 Å². The summed E-state index contributed by atoms with van der Waals surface area (Å²) in [6.45, 7) is 4.03. The van der Waals surface area contributed by atoms with Crippen LogP contribution in [-0.4, -0.2) is 25.5 Å². The Kier molecular flexibility index (Phi) is 2.48. The number of amides is 1. The van der Waals surface area contributed by atoms with Crippen LogP contribution in [0.3, 0.4) is 0 Å². The molecule has 0 aliphatic carbocycles. The minimum absolute atomic E-state index is 0.0313. The minimum atomic E-state index is 0.0313. The van der Waals surface area contributed by atoms with Crippen LogP contribution in [0, 0.1) is 13.8 Å². The average Bonchev–Trinajstić information content (AvgIpc) is 2.82. The van der Waals surface area contributed by atoms with Crippen molar-refractivity contribution in [1.82, 2.24) is 19.6 Å². The Morgan fingerprint density at radius 3 is 2.68 bits per heavy atom. The Bertz CT molecular complexity index is 667. The Balaban J connectivity index is 2.18. The first-order valence-corrected chi connectivity index (χ1v) is 6.31. The molecule has 1 N–H and O–H groups in total. The minimum Gasteiger partial charge on any atom is -0.311 e. The number of fused-ring (bicyclic) bond motifs is 1. The molecule has 19 heavy (non-hydrogen) atoms. The van der Waals surface area contributed by atoms with Gasteiger partial charge in [0.1, 0.15) is 5.82 Å². The third-order valence-corrected chi connectivity index (χ3v) is 3.90. The number of hydrogen-bond donors (Lipinski definition) is 1. The molecule has 1 unspecified atom stereocenters. The molecule has 0 bridgehead atoms. The number of aromatic nitrogens is 4. The van der Waals surface area contributed by atoms with Crippen LogP contribution in [0.4, 0.5) is 5.82 Å². The molecule has 100 valence electrons. The summed E-state index contributed by atoms with van der Waals surface area (Å²) in [7, 11) is 3.77. The van der Waals surface area contributed by atoms with Gasteiger partial charge in [-0.25, -0.2) is 0 Å². The third-order valence-electron chi connectivity index (χ3n) is 3.90. The summed E-state index contributed by atoms with van der Waals surface area (Å²) < 4.78 is 3.58. The highest BCUT2D eigenvalue weighted by Crippen LogP contribution is 2.39. The maximum Gasteiger partial charge on any atom is 0.226 e. The van der Waals surface area contributed by atoms with Crippen molar-refractivity contribution in [3.8, 4) is 0 Å². The lowest BCUT2D eigenvalue weighted by atomic mass is 9.86.